The molecule has 1 atom stereocenters. The van der Waals surface area contributed by atoms with Gasteiger partial charge in [0.1, 0.15) is 0 Å². The zero-order valence-electron chi connectivity index (χ0n) is 12.0. The summed E-state index contributed by atoms with van der Waals surface area (Å²) in [5.41, 5.74) is 0. The molecule has 1 aliphatic heterocycles. The predicted molar refractivity (Wildman–Crippen MR) is 73.5 cm³/mol. The van der Waals surface area contributed by atoms with Gasteiger partial charge in [-0.05, 0) is 38.5 Å². The average Bonchev–Trinajstić information content (AvgIpc) is 2.92. The Bertz CT molecular complexity index is 347. The van der Waals surface area contributed by atoms with Crippen LogP contribution in [0.4, 0.5) is 4.79 Å². The van der Waals surface area contributed by atoms with Gasteiger partial charge in [-0.3, -0.25) is 4.79 Å². The molecule has 0 radical (unpaired) electrons. The Balaban J connectivity index is 1.70. The van der Waals surface area contributed by atoms with Crippen molar-refractivity contribution in [1.29, 1.82) is 0 Å². The van der Waals surface area contributed by atoms with Gasteiger partial charge in [-0.2, -0.15) is 0 Å². The van der Waals surface area contributed by atoms with Crippen molar-refractivity contribution in [3.63, 3.8) is 0 Å². The lowest BCUT2D eigenvalue weighted by molar-refractivity contribution is -0.142. The summed E-state index contributed by atoms with van der Waals surface area (Å²) in [6.07, 6.45) is 5.03. The largest absolute Gasteiger partial charge is 0.481 e. The highest BCUT2D eigenvalue weighted by atomic mass is 16.5. The third-order valence-corrected chi connectivity index (χ3v) is 4.25. The molecule has 1 aliphatic carbocycles. The van der Waals surface area contributed by atoms with Crippen molar-refractivity contribution in [2.24, 2.45) is 5.92 Å². The number of nitrogens with zero attached hydrogens (tertiary/aromatic N) is 1. The second kappa shape index (κ2) is 6.92. The molecule has 1 saturated heterocycles. The summed E-state index contributed by atoms with van der Waals surface area (Å²) in [7, 11) is 1.78. The minimum absolute atomic E-state index is 0.0840. The second-order valence-electron chi connectivity index (χ2n) is 5.85. The Morgan fingerprint density at radius 1 is 1.25 bits per heavy atom. The van der Waals surface area contributed by atoms with Gasteiger partial charge < -0.3 is 20.1 Å². The number of hydrogen-bond donors (Lipinski definition) is 2. The van der Waals surface area contributed by atoms with Crippen LogP contribution in [0.2, 0.25) is 0 Å². The summed E-state index contributed by atoms with van der Waals surface area (Å²) in [5, 5.41) is 11.9. The molecule has 6 heteroatoms. The maximum atomic E-state index is 12.1. The quantitative estimate of drug-likeness (QED) is 0.819. The molecule has 2 N–H and O–H groups in total. The minimum atomic E-state index is -0.717. The van der Waals surface area contributed by atoms with Crippen LogP contribution in [0.3, 0.4) is 0 Å². The molecule has 1 saturated carbocycles. The first-order valence-electron chi connectivity index (χ1n) is 7.42. The summed E-state index contributed by atoms with van der Waals surface area (Å²) in [6.45, 7) is 1.41. The van der Waals surface area contributed by atoms with E-state index in [1.54, 1.807) is 11.9 Å². The number of ether oxygens (including phenoxy) is 1. The zero-order valence-corrected chi connectivity index (χ0v) is 12.0. The number of likely N-dealkylation sites (N-methyl/N-ethyl adjacent to an activating group) is 1. The number of urea groups is 1. The van der Waals surface area contributed by atoms with E-state index in [9.17, 15) is 9.59 Å². The van der Waals surface area contributed by atoms with E-state index in [4.69, 9.17) is 9.84 Å². The first-order valence-corrected chi connectivity index (χ1v) is 7.42. The van der Waals surface area contributed by atoms with Gasteiger partial charge in [-0.1, -0.05) is 0 Å². The highest BCUT2D eigenvalue weighted by Gasteiger charge is 2.28. The Morgan fingerprint density at radius 3 is 2.50 bits per heavy atom. The summed E-state index contributed by atoms with van der Waals surface area (Å²) in [5.74, 6) is -0.960. The molecule has 2 amide bonds. The molecule has 0 spiro atoms. The molecular weight excluding hydrogens is 260 g/mol. The highest BCUT2D eigenvalue weighted by molar-refractivity contribution is 5.74. The van der Waals surface area contributed by atoms with Crippen LogP contribution in [-0.4, -0.2) is 54.4 Å². The van der Waals surface area contributed by atoms with E-state index in [-0.39, 0.29) is 24.1 Å². The topological polar surface area (TPSA) is 78.9 Å². The van der Waals surface area contributed by atoms with E-state index >= 15 is 0 Å². The molecule has 6 nitrogen and oxygen atoms in total. The lowest BCUT2D eigenvalue weighted by Crippen LogP contribution is -2.46. The fourth-order valence-corrected chi connectivity index (χ4v) is 2.95. The molecule has 20 heavy (non-hydrogen) atoms. The summed E-state index contributed by atoms with van der Waals surface area (Å²) in [6, 6.07) is 0.0179. The van der Waals surface area contributed by atoms with Gasteiger partial charge in [0, 0.05) is 26.2 Å². The van der Waals surface area contributed by atoms with Crippen LogP contribution in [0.25, 0.3) is 0 Å². The van der Waals surface area contributed by atoms with Crippen LogP contribution >= 0.6 is 0 Å². The van der Waals surface area contributed by atoms with Crippen LogP contribution < -0.4 is 5.32 Å². The second-order valence-corrected chi connectivity index (χ2v) is 5.85. The number of carboxylic acids is 1. The molecule has 0 unspecified atom stereocenters. The monoisotopic (exact) mass is 284 g/mol. The van der Waals surface area contributed by atoms with E-state index in [1.807, 2.05) is 0 Å². The zero-order chi connectivity index (χ0) is 14.5. The third kappa shape index (κ3) is 4.10. The van der Waals surface area contributed by atoms with E-state index in [2.05, 4.69) is 5.32 Å². The molecule has 2 fully saturated rings. The van der Waals surface area contributed by atoms with Crippen molar-refractivity contribution in [2.75, 3.05) is 20.2 Å². The third-order valence-electron chi connectivity index (χ3n) is 4.25. The lowest BCUT2D eigenvalue weighted by atomic mass is 9.86. The van der Waals surface area contributed by atoms with E-state index in [0.717, 1.165) is 32.3 Å². The summed E-state index contributed by atoms with van der Waals surface area (Å²) < 4.78 is 5.52. The lowest BCUT2D eigenvalue weighted by Gasteiger charge is -2.29. The molecular formula is C14H24N2O4. The number of carbonyl (C=O) groups is 2. The van der Waals surface area contributed by atoms with Gasteiger partial charge in [-0.25, -0.2) is 4.79 Å². The Kier molecular flexibility index (Phi) is 5.23. The highest BCUT2D eigenvalue weighted by Crippen LogP contribution is 2.24. The predicted octanol–water partition coefficient (Wildman–Crippen LogP) is 1.45. The number of carbonyl (C=O) groups excluding carboxylic acids is 1. The molecule has 1 heterocycles. The van der Waals surface area contributed by atoms with Crippen LogP contribution in [0.1, 0.15) is 38.5 Å². The molecule has 2 aliphatic rings. The van der Waals surface area contributed by atoms with E-state index < -0.39 is 5.97 Å². The van der Waals surface area contributed by atoms with Crippen LogP contribution in [-0.2, 0) is 9.53 Å². The van der Waals surface area contributed by atoms with E-state index in [0.29, 0.717) is 19.4 Å². The molecule has 0 aromatic carbocycles. The fourth-order valence-electron chi connectivity index (χ4n) is 2.95. The molecule has 0 aromatic heterocycles. The maximum absolute atomic E-state index is 12.1. The Morgan fingerprint density at radius 2 is 1.95 bits per heavy atom. The van der Waals surface area contributed by atoms with Gasteiger partial charge in [-0.15, -0.1) is 0 Å². The number of nitrogens with one attached hydrogen (secondary N) is 1. The first kappa shape index (κ1) is 15.1. The number of rotatable bonds is 4. The summed E-state index contributed by atoms with van der Waals surface area (Å²) >= 11 is 0. The number of carboxylic acid groups (broad SMARTS) is 1. The normalized spacial score (nSPS) is 29.9. The maximum Gasteiger partial charge on any atom is 0.317 e. The fraction of sp³-hybridized carbons (Fsp3) is 0.857. The Hall–Kier alpha value is -1.30. The van der Waals surface area contributed by atoms with Crippen molar-refractivity contribution in [2.45, 2.75) is 50.7 Å². The van der Waals surface area contributed by atoms with Gasteiger partial charge in [0.15, 0.2) is 0 Å². The van der Waals surface area contributed by atoms with Crippen molar-refractivity contribution in [3.05, 3.63) is 0 Å². The number of aliphatic carboxylic acids is 1. The van der Waals surface area contributed by atoms with Crippen molar-refractivity contribution >= 4 is 12.0 Å². The minimum Gasteiger partial charge on any atom is -0.481 e. The van der Waals surface area contributed by atoms with E-state index in [1.165, 1.54) is 0 Å². The van der Waals surface area contributed by atoms with Crippen LogP contribution in [0.5, 0.6) is 0 Å². The van der Waals surface area contributed by atoms with Crippen LogP contribution in [0, 0.1) is 5.92 Å². The first-order chi connectivity index (χ1) is 9.56. The van der Waals surface area contributed by atoms with Gasteiger partial charge >= 0.3 is 12.0 Å². The van der Waals surface area contributed by atoms with Crippen LogP contribution in [0.15, 0.2) is 0 Å². The van der Waals surface area contributed by atoms with Crippen molar-refractivity contribution in [3.8, 4) is 0 Å². The van der Waals surface area contributed by atoms with Crippen molar-refractivity contribution in [1.82, 2.24) is 10.2 Å². The smallest absolute Gasteiger partial charge is 0.317 e. The van der Waals surface area contributed by atoms with Gasteiger partial charge in [0.05, 0.1) is 12.0 Å². The molecule has 0 aromatic rings. The van der Waals surface area contributed by atoms with Gasteiger partial charge in [0.25, 0.3) is 0 Å². The number of hydrogen-bond acceptors (Lipinski definition) is 3. The number of amides is 2. The standard InChI is InChI=1S/C14H24N2O4/c1-16(9-12-3-2-8-20-12)14(19)15-11-6-4-10(5-7-11)13(17)18/h10-12H,2-9H2,1H3,(H,15,19)(H,17,18)/t10?,11?,12-/m0/s1. The SMILES string of the molecule is CN(C[C@@H]1CCCO1)C(=O)NC1CCC(C(=O)O)CC1. The molecule has 2 rings (SSSR count). The molecule has 114 valence electrons. The Labute approximate surface area is 119 Å². The average molecular weight is 284 g/mol. The molecule has 0 bridgehead atoms. The van der Waals surface area contributed by atoms with Gasteiger partial charge in [0.2, 0.25) is 0 Å². The summed E-state index contributed by atoms with van der Waals surface area (Å²) in [4.78, 5) is 24.6. The van der Waals surface area contributed by atoms with Crippen molar-refractivity contribution < 1.29 is 19.4 Å².